The molecule has 2 rings (SSSR count). The Kier molecular flexibility index (Phi) is 6.22. The summed E-state index contributed by atoms with van der Waals surface area (Å²) in [6.45, 7) is 2.11. The topological polar surface area (TPSA) is 123 Å². The van der Waals surface area contributed by atoms with E-state index in [2.05, 4.69) is 14.8 Å². The van der Waals surface area contributed by atoms with Crippen LogP contribution in [0.15, 0.2) is 30.7 Å². The molecule has 140 valence electrons. The first kappa shape index (κ1) is 19.7. The molecule has 0 saturated heterocycles. The van der Waals surface area contributed by atoms with Crippen molar-refractivity contribution in [1.29, 1.82) is 0 Å². The maximum Gasteiger partial charge on any atom is 0.323 e. The van der Waals surface area contributed by atoms with Gasteiger partial charge in [0.05, 0.1) is 24.5 Å². The van der Waals surface area contributed by atoms with Crippen LogP contribution in [-0.2, 0) is 14.5 Å². The second-order valence-corrected chi connectivity index (χ2v) is 8.04. The molecule has 2 heterocycles. The van der Waals surface area contributed by atoms with Crippen LogP contribution in [0.2, 0.25) is 5.15 Å². The van der Waals surface area contributed by atoms with Crippen molar-refractivity contribution in [3.05, 3.63) is 35.9 Å². The summed E-state index contributed by atoms with van der Waals surface area (Å²) < 4.78 is 15.7. The van der Waals surface area contributed by atoms with Crippen LogP contribution >= 0.6 is 11.6 Å². The molecule has 3 N–H and O–H groups in total. The Hall–Kier alpha value is -2.59. The molecular formula is C15H19ClN6O3S. The number of urea groups is 1. The van der Waals surface area contributed by atoms with Crippen LogP contribution < -0.4 is 15.4 Å². The fraction of sp³-hybridized carbons (Fsp3) is 0.267. The van der Waals surface area contributed by atoms with Crippen molar-refractivity contribution in [3.63, 3.8) is 0 Å². The number of halogens is 1. The number of rotatable bonds is 6. The fourth-order valence-corrected chi connectivity index (χ4v) is 3.38. The second kappa shape index (κ2) is 8.19. The number of nitrogens with zero attached hydrogens (tertiary/aromatic N) is 4. The van der Waals surface area contributed by atoms with Gasteiger partial charge in [-0.2, -0.15) is 5.10 Å². The molecule has 11 heteroatoms. The highest BCUT2D eigenvalue weighted by atomic mass is 35.5. The lowest BCUT2D eigenvalue weighted by Crippen LogP contribution is -2.36. The van der Waals surface area contributed by atoms with E-state index in [1.54, 1.807) is 37.6 Å². The summed E-state index contributed by atoms with van der Waals surface area (Å²) in [7, 11) is -2.86. The molecule has 1 unspecified atom stereocenters. The summed E-state index contributed by atoms with van der Waals surface area (Å²) >= 11 is 6.18. The standard InChI is InChI=1S/C15H19ClN6O3S/c1-3-21(13(23)6-8-26(2,25)20-15(17)24)12-10-22(19-14(12)16)11-5-4-7-18-9-11/h4-5,7-10H,3,6H2,1-2H3,(H3,17,20,24,25). The molecule has 26 heavy (non-hydrogen) atoms. The number of amides is 3. The van der Waals surface area contributed by atoms with Crippen LogP contribution in [-0.4, -0.2) is 49.1 Å². The van der Waals surface area contributed by atoms with Crippen molar-refractivity contribution in [3.8, 4) is 5.69 Å². The average molecular weight is 399 g/mol. The fourth-order valence-electron chi connectivity index (χ4n) is 2.21. The number of carbonyl (C=O) groups is 2. The smallest absolute Gasteiger partial charge is 0.323 e. The lowest BCUT2D eigenvalue weighted by molar-refractivity contribution is -0.117. The van der Waals surface area contributed by atoms with Gasteiger partial charge in [0, 0.05) is 28.7 Å². The van der Waals surface area contributed by atoms with Crippen molar-refractivity contribution in [2.75, 3.05) is 17.7 Å². The number of hydrogen-bond acceptors (Lipinski definition) is 5. The lowest BCUT2D eigenvalue weighted by atomic mass is 10.3. The highest BCUT2D eigenvalue weighted by Gasteiger charge is 2.20. The largest absolute Gasteiger partial charge is 0.351 e. The molecular weight excluding hydrogens is 380 g/mol. The molecule has 2 aromatic heterocycles. The molecule has 0 aliphatic rings. The van der Waals surface area contributed by atoms with E-state index < -0.39 is 15.7 Å². The minimum atomic E-state index is -2.86. The highest BCUT2D eigenvalue weighted by Crippen LogP contribution is 2.26. The number of carbonyl (C=O) groups excluding carboxylic acids is 2. The molecule has 0 fully saturated rings. The first-order chi connectivity index (χ1) is 12.2. The SMILES string of the molecule is CCN(C(=O)CC=S(C)(=O)NC(N)=O)c1cn(-c2cccnc2)nc1Cl. The molecule has 0 aliphatic carbocycles. The number of primary amides is 1. The number of nitrogens with two attached hydrogens (primary N) is 1. The Labute approximate surface area is 156 Å². The van der Waals surface area contributed by atoms with Crippen molar-refractivity contribution in [2.45, 2.75) is 13.3 Å². The number of aromatic nitrogens is 3. The van der Waals surface area contributed by atoms with Crippen molar-refractivity contribution < 1.29 is 13.8 Å². The van der Waals surface area contributed by atoms with Crippen molar-refractivity contribution >= 4 is 44.3 Å². The van der Waals surface area contributed by atoms with Gasteiger partial charge >= 0.3 is 6.03 Å². The lowest BCUT2D eigenvalue weighted by Gasteiger charge is -2.19. The molecule has 0 aromatic carbocycles. The van der Waals surface area contributed by atoms with Crippen LogP contribution in [0.25, 0.3) is 5.69 Å². The Morgan fingerprint density at radius 1 is 1.50 bits per heavy atom. The first-order valence-corrected chi connectivity index (χ1v) is 9.99. The number of anilines is 1. The van der Waals surface area contributed by atoms with Crippen LogP contribution in [0, 0.1) is 0 Å². The van der Waals surface area contributed by atoms with Gasteiger partial charge in [0.25, 0.3) is 0 Å². The van der Waals surface area contributed by atoms with Gasteiger partial charge in [-0.25, -0.2) is 13.7 Å². The molecule has 0 radical (unpaired) electrons. The second-order valence-electron chi connectivity index (χ2n) is 5.34. The van der Waals surface area contributed by atoms with Gasteiger partial charge < -0.3 is 10.6 Å². The van der Waals surface area contributed by atoms with Crippen LogP contribution in [0.4, 0.5) is 10.5 Å². The molecule has 0 aliphatic heterocycles. The van der Waals surface area contributed by atoms with E-state index in [4.69, 9.17) is 17.3 Å². The molecule has 2 aromatic rings. The summed E-state index contributed by atoms with van der Waals surface area (Å²) in [6, 6.07) is 2.63. The molecule has 3 amide bonds. The van der Waals surface area contributed by atoms with E-state index in [9.17, 15) is 13.8 Å². The summed E-state index contributed by atoms with van der Waals surface area (Å²) in [5.74, 6) is -0.346. The zero-order valence-electron chi connectivity index (χ0n) is 14.3. The zero-order valence-corrected chi connectivity index (χ0v) is 15.8. The van der Waals surface area contributed by atoms with Gasteiger partial charge in [-0.3, -0.25) is 14.5 Å². The molecule has 0 bridgehead atoms. The first-order valence-electron chi connectivity index (χ1n) is 7.59. The third-order valence-electron chi connectivity index (χ3n) is 3.35. The molecule has 0 saturated carbocycles. The summed E-state index contributed by atoms with van der Waals surface area (Å²) in [4.78, 5) is 28.8. The monoisotopic (exact) mass is 398 g/mol. The number of nitrogens with one attached hydrogen (secondary N) is 1. The third-order valence-corrected chi connectivity index (χ3v) is 5.03. The zero-order chi connectivity index (χ0) is 19.3. The van der Waals surface area contributed by atoms with Crippen LogP contribution in [0.1, 0.15) is 13.3 Å². The van der Waals surface area contributed by atoms with Gasteiger partial charge in [-0.15, -0.1) is 0 Å². The summed E-state index contributed by atoms with van der Waals surface area (Å²) in [5, 5.41) is 5.56. The molecule has 0 spiro atoms. The Morgan fingerprint density at radius 3 is 2.81 bits per heavy atom. The Morgan fingerprint density at radius 2 is 2.23 bits per heavy atom. The minimum Gasteiger partial charge on any atom is -0.351 e. The normalized spacial score (nSPS) is 12.9. The van der Waals surface area contributed by atoms with Gasteiger partial charge in [0.15, 0.2) is 5.15 Å². The maximum absolute atomic E-state index is 12.5. The highest BCUT2D eigenvalue weighted by molar-refractivity contribution is 7.99. The van der Waals surface area contributed by atoms with Gasteiger partial charge in [0.2, 0.25) is 5.91 Å². The van der Waals surface area contributed by atoms with E-state index >= 15 is 0 Å². The number of pyridine rings is 1. The Balaban J connectivity index is 2.24. The summed E-state index contributed by atoms with van der Waals surface area (Å²) in [6.07, 6.45) is 5.98. The predicted molar refractivity (Wildman–Crippen MR) is 102 cm³/mol. The predicted octanol–water partition coefficient (Wildman–Crippen LogP) is 0.963. The van der Waals surface area contributed by atoms with Gasteiger partial charge in [-0.05, 0) is 24.4 Å². The number of hydrogen-bond donors (Lipinski definition) is 2. The van der Waals surface area contributed by atoms with Crippen LogP contribution in [0.5, 0.6) is 0 Å². The molecule has 1 atom stereocenters. The van der Waals surface area contributed by atoms with Crippen LogP contribution in [0.3, 0.4) is 0 Å². The van der Waals surface area contributed by atoms with E-state index in [1.165, 1.54) is 21.2 Å². The molecule has 9 nitrogen and oxygen atoms in total. The van der Waals surface area contributed by atoms with Gasteiger partial charge in [-0.1, -0.05) is 11.6 Å². The van der Waals surface area contributed by atoms with Crippen molar-refractivity contribution in [1.82, 2.24) is 19.5 Å². The van der Waals surface area contributed by atoms with E-state index in [0.29, 0.717) is 17.9 Å². The van der Waals surface area contributed by atoms with Crippen molar-refractivity contribution in [2.24, 2.45) is 5.73 Å². The Bertz CT molecular complexity index is 921. The quantitative estimate of drug-likeness (QED) is 0.701. The minimum absolute atomic E-state index is 0.150. The van der Waals surface area contributed by atoms with Gasteiger partial charge in [0.1, 0.15) is 5.69 Å². The average Bonchev–Trinajstić information content (AvgIpc) is 2.95. The maximum atomic E-state index is 12.5. The van der Waals surface area contributed by atoms with E-state index in [0.717, 1.165) is 0 Å². The summed E-state index contributed by atoms with van der Waals surface area (Å²) in [5.41, 5.74) is 6.07. The van der Waals surface area contributed by atoms with E-state index in [1.807, 2.05) is 0 Å². The van der Waals surface area contributed by atoms with E-state index in [-0.39, 0.29) is 17.5 Å². The third kappa shape index (κ3) is 4.96.